The Bertz CT molecular complexity index is 633. The number of nitrogens with zero attached hydrogens (tertiary/aromatic N) is 1. The number of anilines is 1. The molecule has 1 aliphatic carbocycles. The van der Waals surface area contributed by atoms with E-state index in [1.54, 1.807) is 24.3 Å². The molecule has 0 N–H and O–H groups in total. The molecule has 1 aromatic carbocycles. The fourth-order valence-corrected chi connectivity index (χ4v) is 3.20. The molecule has 1 atom stereocenters. The van der Waals surface area contributed by atoms with Crippen LogP contribution in [-0.2, 0) is 14.4 Å². The third-order valence-corrected chi connectivity index (χ3v) is 4.41. The fourth-order valence-electron chi connectivity index (χ4n) is 3.20. The van der Waals surface area contributed by atoms with Crippen molar-refractivity contribution in [1.29, 1.82) is 0 Å². The number of carbonyl (C=O) groups excluding carboxylic acids is 3. The zero-order chi connectivity index (χ0) is 15.5. The fraction of sp³-hybridized carbons (Fsp3) is 0.389. The van der Waals surface area contributed by atoms with E-state index in [1.165, 1.54) is 11.0 Å². The van der Waals surface area contributed by atoms with Crippen LogP contribution in [0.1, 0.15) is 38.5 Å². The van der Waals surface area contributed by atoms with Crippen molar-refractivity contribution in [2.24, 2.45) is 5.92 Å². The first-order valence-electron chi connectivity index (χ1n) is 7.83. The average molecular weight is 297 g/mol. The average Bonchev–Trinajstić information content (AvgIpc) is 2.67. The molecule has 1 heterocycles. The number of para-hydroxylation sites is 1. The van der Waals surface area contributed by atoms with Crippen molar-refractivity contribution in [3.05, 3.63) is 42.0 Å². The number of imide groups is 1. The van der Waals surface area contributed by atoms with Gasteiger partial charge < -0.3 is 0 Å². The van der Waals surface area contributed by atoms with Crippen LogP contribution in [0.4, 0.5) is 5.69 Å². The van der Waals surface area contributed by atoms with E-state index in [-0.39, 0.29) is 23.5 Å². The monoisotopic (exact) mass is 297 g/mol. The first kappa shape index (κ1) is 14.7. The molecule has 0 radical (unpaired) electrons. The van der Waals surface area contributed by atoms with Gasteiger partial charge in [-0.25, -0.2) is 4.90 Å². The highest BCUT2D eigenvalue weighted by atomic mass is 16.2. The minimum absolute atomic E-state index is 0.110. The number of Topliss-reactive ketones (excluding diaryl/α,β-unsaturated/α-hetero) is 1. The Labute approximate surface area is 129 Å². The predicted octanol–water partition coefficient (Wildman–Crippen LogP) is 3.03. The summed E-state index contributed by atoms with van der Waals surface area (Å²) < 4.78 is 0. The Morgan fingerprint density at radius 3 is 2.55 bits per heavy atom. The van der Waals surface area contributed by atoms with Gasteiger partial charge in [0.15, 0.2) is 0 Å². The van der Waals surface area contributed by atoms with Gasteiger partial charge >= 0.3 is 0 Å². The molecule has 0 aromatic heterocycles. The van der Waals surface area contributed by atoms with E-state index in [0.29, 0.717) is 24.1 Å². The van der Waals surface area contributed by atoms with Crippen LogP contribution < -0.4 is 4.90 Å². The quantitative estimate of drug-likeness (QED) is 0.636. The molecule has 3 rings (SSSR count). The van der Waals surface area contributed by atoms with E-state index < -0.39 is 0 Å². The maximum absolute atomic E-state index is 12.5. The first-order chi connectivity index (χ1) is 10.7. The van der Waals surface area contributed by atoms with Gasteiger partial charge in [-0.1, -0.05) is 31.0 Å². The lowest BCUT2D eigenvalue weighted by atomic mass is 9.91. The van der Waals surface area contributed by atoms with Crippen LogP contribution in [0.5, 0.6) is 0 Å². The molecule has 4 heteroatoms. The van der Waals surface area contributed by atoms with Gasteiger partial charge in [0.2, 0.25) is 0 Å². The number of amides is 2. The van der Waals surface area contributed by atoms with Crippen molar-refractivity contribution in [1.82, 2.24) is 0 Å². The van der Waals surface area contributed by atoms with E-state index >= 15 is 0 Å². The van der Waals surface area contributed by atoms with Crippen LogP contribution in [0.25, 0.3) is 0 Å². The maximum atomic E-state index is 12.5. The highest BCUT2D eigenvalue weighted by Crippen LogP contribution is 2.30. The lowest BCUT2D eigenvalue weighted by molar-refractivity contribution is -0.122. The SMILES string of the molecule is O=C1CCCCCC1CC1=CC(=O)N(c2ccccc2)C1=O. The third-order valence-electron chi connectivity index (χ3n) is 4.41. The third kappa shape index (κ3) is 2.86. The lowest BCUT2D eigenvalue weighted by Gasteiger charge is -2.16. The van der Waals surface area contributed by atoms with Gasteiger partial charge in [0.25, 0.3) is 11.8 Å². The summed E-state index contributed by atoms with van der Waals surface area (Å²) in [5.41, 5.74) is 1.05. The molecule has 2 amide bonds. The molecule has 0 saturated heterocycles. The minimum atomic E-state index is -0.313. The smallest absolute Gasteiger partial charge is 0.261 e. The number of hydrogen-bond acceptors (Lipinski definition) is 3. The maximum Gasteiger partial charge on any atom is 0.261 e. The Morgan fingerprint density at radius 1 is 1.00 bits per heavy atom. The second-order valence-electron chi connectivity index (χ2n) is 5.95. The zero-order valence-corrected chi connectivity index (χ0v) is 12.5. The molecule has 1 unspecified atom stereocenters. The highest BCUT2D eigenvalue weighted by molar-refractivity contribution is 6.30. The van der Waals surface area contributed by atoms with Crippen molar-refractivity contribution in [3.8, 4) is 0 Å². The van der Waals surface area contributed by atoms with Crippen molar-refractivity contribution in [3.63, 3.8) is 0 Å². The second-order valence-corrected chi connectivity index (χ2v) is 5.95. The van der Waals surface area contributed by atoms with Gasteiger partial charge in [-0.2, -0.15) is 0 Å². The van der Waals surface area contributed by atoms with Crippen molar-refractivity contribution in [2.45, 2.75) is 38.5 Å². The van der Waals surface area contributed by atoms with Crippen LogP contribution in [0.3, 0.4) is 0 Å². The van der Waals surface area contributed by atoms with Crippen LogP contribution in [0.2, 0.25) is 0 Å². The van der Waals surface area contributed by atoms with Crippen LogP contribution in [-0.4, -0.2) is 17.6 Å². The second kappa shape index (κ2) is 6.26. The summed E-state index contributed by atoms with van der Waals surface area (Å²) in [7, 11) is 0. The lowest BCUT2D eigenvalue weighted by Crippen LogP contribution is -2.31. The zero-order valence-electron chi connectivity index (χ0n) is 12.5. The van der Waals surface area contributed by atoms with E-state index in [9.17, 15) is 14.4 Å². The number of carbonyl (C=O) groups is 3. The predicted molar refractivity (Wildman–Crippen MR) is 83.2 cm³/mol. The molecule has 4 nitrogen and oxygen atoms in total. The van der Waals surface area contributed by atoms with E-state index in [4.69, 9.17) is 0 Å². The van der Waals surface area contributed by atoms with E-state index in [0.717, 1.165) is 25.7 Å². The number of hydrogen-bond donors (Lipinski definition) is 0. The van der Waals surface area contributed by atoms with Crippen molar-refractivity contribution in [2.75, 3.05) is 4.90 Å². The summed E-state index contributed by atoms with van der Waals surface area (Å²) in [4.78, 5) is 37.9. The van der Waals surface area contributed by atoms with Gasteiger partial charge in [-0.3, -0.25) is 14.4 Å². The molecule has 0 spiro atoms. The Balaban J connectivity index is 1.76. The summed E-state index contributed by atoms with van der Waals surface area (Å²) in [6, 6.07) is 8.91. The Morgan fingerprint density at radius 2 is 1.77 bits per heavy atom. The standard InChI is InChI=1S/C18H19NO3/c20-16-10-6-1-3-7-13(16)11-14-12-17(21)19(18(14)22)15-8-4-2-5-9-15/h2,4-5,8-9,12-13H,1,3,6-7,10-11H2. The summed E-state index contributed by atoms with van der Waals surface area (Å²) >= 11 is 0. The van der Waals surface area contributed by atoms with Gasteiger partial charge in [-0.15, -0.1) is 0 Å². The van der Waals surface area contributed by atoms with Gasteiger partial charge in [0.05, 0.1) is 5.69 Å². The Kier molecular flexibility index (Phi) is 4.18. The molecular weight excluding hydrogens is 278 g/mol. The van der Waals surface area contributed by atoms with Crippen LogP contribution in [0, 0.1) is 5.92 Å². The van der Waals surface area contributed by atoms with E-state index in [1.807, 2.05) is 6.07 Å². The van der Waals surface area contributed by atoms with Crippen LogP contribution >= 0.6 is 0 Å². The first-order valence-corrected chi connectivity index (χ1v) is 7.83. The molecule has 22 heavy (non-hydrogen) atoms. The highest BCUT2D eigenvalue weighted by Gasteiger charge is 2.34. The minimum Gasteiger partial charge on any atom is -0.299 e. The van der Waals surface area contributed by atoms with Gasteiger partial charge in [-0.05, 0) is 31.4 Å². The summed E-state index contributed by atoms with van der Waals surface area (Å²) in [6.45, 7) is 0. The molecular formula is C18H19NO3. The molecule has 114 valence electrons. The topological polar surface area (TPSA) is 54.5 Å². The largest absolute Gasteiger partial charge is 0.299 e. The number of benzene rings is 1. The molecule has 2 aliphatic rings. The number of rotatable bonds is 3. The molecule has 1 fully saturated rings. The molecule has 1 aliphatic heterocycles. The molecule has 0 bridgehead atoms. The molecule has 1 aromatic rings. The van der Waals surface area contributed by atoms with Crippen molar-refractivity contribution < 1.29 is 14.4 Å². The summed E-state index contributed by atoms with van der Waals surface area (Å²) in [6.07, 6.45) is 6.25. The van der Waals surface area contributed by atoms with Crippen molar-refractivity contribution >= 4 is 23.3 Å². The molecule has 1 saturated carbocycles. The van der Waals surface area contributed by atoms with Gasteiger partial charge in [0.1, 0.15) is 5.78 Å². The summed E-state index contributed by atoms with van der Waals surface area (Å²) in [5.74, 6) is -0.474. The number of ketones is 1. The van der Waals surface area contributed by atoms with Crippen LogP contribution in [0.15, 0.2) is 42.0 Å². The van der Waals surface area contributed by atoms with E-state index in [2.05, 4.69) is 0 Å². The summed E-state index contributed by atoms with van der Waals surface area (Å²) in [5, 5.41) is 0. The Hall–Kier alpha value is -2.23. The van der Waals surface area contributed by atoms with Gasteiger partial charge in [0, 0.05) is 24.0 Å². The normalized spacial score (nSPS) is 22.7.